The zero-order valence-electron chi connectivity index (χ0n) is 27.2. The maximum Gasteiger partial charge on any atom is 0.411 e. The molecule has 1 aromatic carbocycles. The molecule has 2 heterocycles. The van der Waals surface area contributed by atoms with Crippen LogP contribution >= 0.6 is 0 Å². The number of methoxy groups -OCH3 is 1. The first kappa shape index (κ1) is 33.4. The third-order valence-corrected chi connectivity index (χ3v) is 12.7. The molecule has 248 valence electrons. The number of carbonyl (C=O) groups is 2. The highest BCUT2D eigenvalue weighted by Gasteiger charge is 2.44. The van der Waals surface area contributed by atoms with Crippen molar-refractivity contribution in [3.05, 3.63) is 36.3 Å². The number of anilines is 1. The first-order chi connectivity index (χ1) is 21.4. The largest absolute Gasteiger partial charge is 0.453 e. The molecule has 1 saturated heterocycles. The van der Waals surface area contributed by atoms with Crippen LogP contribution in [0.2, 0.25) is 0 Å². The Morgan fingerprint density at radius 3 is 2.40 bits per heavy atom. The molecule has 0 bridgehead atoms. The number of aromatic amines is 1. The SMILES string of the molecule is COC(=O)Nc1ccc(-c2cnc(C3CC(C4CCCC(S(C)(=O)=O)C(C)CC4)CN3C(=O)C3CCC(C(C)N)CC3)[nH]2)cc1. The van der Waals surface area contributed by atoms with Crippen molar-refractivity contribution in [3.63, 3.8) is 0 Å². The third kappa shape index (κ3) is 7.91. The van der Waals surface area contributed by atoms with E-state index in [1.165, 1.54) is 13.4 Å². The lowest BCUT2D eigenvalue weighted by Gasteiger charge is -2.34. The Kier molecular flexibility index (Phi) is 10.6. The average Bonchev–Trinajstić information content (AvgIpc) is 3.67. The smallest absolute Gasteiger partial charge is 0.411 e. The van der Waals surface area contributed by atoms with Crippen LogP contribution < -0.4 is 11.1 Å². The molecule has 4 N–H and O–H groups in total. The Morgan fingerprint density at radius 1 is 1.04 bits per heavy atom. The van der Waals surface area contributed by atoms with E-state index in [2.05, 4.69) is 33.8 Å². The van der Waals surface area contributed by atoms with Gasteiger partial charge in [-0.05, 0) is 99.7 Å². The van der Waals surface area contributed by atoms with E-state index in [9.17, 15) is 18.0 Å². The van der Waals surface area contributed by atoms with E-state index >= 15 is 0 Å². The molecule has 6 unspecified atom stereocenters. The topological polar surface area (TPSA) is 147 Å². The Hall–Kier alpha value is -2.92. The number of sulfone groups is 1. The van der Waals surface area contributed by atoms with E-state index in [1.807, 2.05) is 30.5 Å². The summed E-state index contributed by atoms with van der Waals surface area (Å²) in [5.74, 6) is 2.46. The molecule has 10 nitrogen and oxygen atoms in total. The number of nitrogens with two attached hydrogens (primary N) is 1. The molecule has 2 saturated carbocycles. The van der Waals surface area contributed by atoms with Crippen molar-refractivity contribution in [2.24, 2.45) is 35.3 Å². The molecule has 2 aliphatic carbocycles. The Labute approximate surface area is 268 Å². The van der Waals surface area contributed by atoms with Crippen molar-refractivity contribution in [2.75, 3.05) is 25.2 Å². The van der Waals surface area contributed by atoms with Crippen LogP contribution in [0.3, 0.4) is 0 Å². The predicted molar refractivity (Wildman–Crippen MR) is 176 cm³/mol. The zero-order chi connectivity index (χ0) is 32.3. The summed E-state index contributed by atoms with van der Waals surface area (Å²) in [6.45, 7) is 4.87. The van der Waals surface area contributed by atoms with Gasteiger partial charge in [-0.1, -0.05) is 31.9 Å². The van der Waals surface area contributed by atoms with E-state index < -0.39 is 15.9 Å². The standard InChI is InChI=1S/C34H51N5O5S/c1-21-8-9-24(6-5-7-31(21)45(4,42)43)27-18-30(39(20-27)33(40)26-12-10-23(11-13-26)22(2)35)32-36-19-29(38-32)25-14-16-28(17-15-25)37-34(41)44-3/h14-17,19,21-24,26-27,30-31H,5-13,18,20,35H2,1-4H3,(H,36,38)(H,37,41). The first-order valence-corrected chi connectivity index (χ1v) is 18.6. The lowest BCUT2D eigenvalue weighted by atomic mass is 9.78. The number of likely N-dealkylation sites (tertiary alicyclic amines) is 1. The Bertz CT molecular complexity index is 1420. The number of hydrogen-bond donors (Lipinski definition) is 3. The van der Waals surface area contributed by atoms with Crippen LogP contribution in [0.1, 0.15) is 89.9 Å². The monoisotopic (exact) mass is 641 g/mol. The lowest BCUT2D eigenvalue weighted by molar-refractivity contribution is -0.138. The van der Waals surface area contributed by atoms with Gasteiger partial charge in [-0.3, -0.25) is 10.1 Å². The number of rotatable bonds is 7. The molecule has 1 aromatic heterocycles. The summed E-state index contributed by atoms with van der Waals surface area (Å²) < 4.78 is 29.5. The molecule has 6 atom stereocenters. The summed E-state index contributed by atoms with van der Waals surface area (Å²) >= 11 is 0. The average molecular weight is 642 g/mol. The summed E-state index contributed by atoms with van der Waals surface area (Å²) in [6, 6.07) is 7.49. The second kappa shape index (κ2) is 14.2. The van der Waals surface area contributed by atoms with Crippen LogP contribution in [-0.4, -0.2) is 66.5 Å². The van der Waals surface area contributed by atoms with Gasteiger partial charge in [0.05, 0.1) is 30.3 Å². The number of nitrogens with one attached hydrogen (secondary N) is 2. The highest BCUT2D eigenvalue weighted by Crippen LogP contribution is 2.45. The molecule has 1 aliphatic heterocycles. The number of nitrogens with zero attached hydrogens (tertiary/aromatic N) is 2. The summed E-state index contributed by atoms with van der Waals surface area (Å²) in [7, 11) is -1.74. The second-order valence-corrected chi connectivity index (χ2v) is 16.2. The molecule has 45 heavy (non-hydrogen) atoms. The van der Waals surface area contributed by atoms with Gasteiger partial charge in [0, 0.05) is 30.4 Å². The fourth-order valence-corrected chi connectivity index (χ4v) is 9.75. The molecular formula is C34H51N5O5S. The van der Waals surface area contributed by atoms with Crippen molar-refractivity contribution >= 4 is 27.5 Å². The number of hydrogen-bond acceptors (Lipinski definition) is 7. The molecule has 0 radical (unpaired) electrons. The fourth-order valence-electron chi connectivity index (χ4n) is 8.17. The van der Waals surface area contributed by atoms with Crippen LogP contribution in [0.5, 0.6) is 0 Å². The number of carbonyl (C=O) groups excluding carboxylic acids is 2. The van der Waals surface area contributed by atoms with E-state index in [-0.39, 0.29) is 35.1 Å². The van der Waals surface area contributed by atoms with Crippen LogP contribution in [0.4, 0.5) is 10.5 Å². The minimum Gasteiger partial charge on any atom is -0.453 e. The van der Waals surface area contributed by atoms with Crippen molar-refractivity contribution in [2.45, 2.75) is 95.4 Å². The van der Waals surface area contributed by atoms with E-state index in [0.29, 0.717) is 29.9 Å². The number of ether oxygens (including phenoxy) is 1. The van der Waals surface area contributed by atoms with Gasteiger partial charge < -0.3 is 20.4 Å². The van der Waals surface area contributed by atoms with Gasteiger partial charge in [0.2, 0.25) is 5.91 Å². The van der Waals surface area contributed by atoms with Crippen LogP contribution in [0, 0.1) is 29.6 Å². The number of benzene rings is 1. The van der Waals surface area contributed by atoms with Gasteiger partial charge in [-0.2, -0.15) is 0 Å². The summed E-state index contributed by atoms with van der Waals surface area (Å²) in [5.41, 5.74) is 8.62. The Balaban J connectivity index is 1.34. The van der Waals surface area contributed by atoms with Gasteiger partial charge in [0.15, 0.2) is 9.84 Å². The van der Waals surface area contributed by atoms with E-state index in [1.54, 1.807) is 0 Å². The first-order valence-electron chi connectivity index (χ1n) is 16.7. The minimum absolute atomic E-state index is 0.0124. The molecule has 11 heteroatoms. The molecule has 3 fully saturated rings. The highest BCUT2D eigenvalue weighted by molar-refractivity contribution is 7.91. The molecule has 0 spiro atoms. The molecule has 2 amide bonds. The number of H-pyrrole nitrogens is 1. The minimum atomic E-state index is -3.06. The maximum absolute atomic E-state index is 14.2. The van der Waals surface area contributed by atoms with E-state index in [4.69, 9.17) is 10.7 Å². The van der Waals surface area contributed by atoms with Crippen LogP contribution in [-0.2, 0) is 19.4 Å². The third-order valence-electron chi connectivity index (χ3n) is 10.9. The molecule has 2 aromatic rings. The van der Waals surface area contributed by atoms with Gasteiger partial charge in [0.1, 0.15) is 5.82 Å². The highest BCUT2D eigenvalue weighted by atomic mass is 32.2. The van der Waals surface area contributed by atoms with Gasteiger partial charge in [-0.15, -0.1) is 0 Å². The second-order valence-electron chi connectivity index (χ2n) is 14.0. The van der Waals surface area contributed by atoms with Crippen LogP contribution in [0.25, 0.3) is 11.3 Å². The number of aromatic nitrogens is 2. The van der Waals surface area contributed by atoms with Gasteiger partial charge in [0.25, 0.3) is 0 Å². The summed E-state index contributed by atoms with van der Waals surface area (Å²) in [4.78, 5) is 36.2. The van der Waals surface area contributed by atoms with Crippen molar-refractivity contribution in [1.82, 2.24) is 14.9 Å². The van der Waals surface area contributed by atoms with Crippen molar-refractivity contribution in [1.29, 1.82) is 0 Å². The fraction of sp³-hybridized carbons (Fsp3) is 0.676. The van der Waals surface area contributed by atoms with Crippen molar-refractivity contribution < 1.29 is 22.7 Å². The van der Waals surface area contributed by atoms with E-state index in [0.717, 1.165) is 81.4 Å². The van der Waals surface area contributed by atoms with Crippen molar-refractivity contribution in [3.8, 4) is 11.3 Å². The van der Waals surface area contributed by atoms with Gasteiger partial charge in [-0.25, -0.2) is 18.2 Å². The quantitative estimate of drug-likeness (QED) is 0.340. The molecular weight excluding hydrogens is 590 g/mol. The predicted octanol–water partition coefficient (Wildman–Crippen LogP) is 5.93. The normalized spacial score (nSPS) is 30.2. The lowest BCUT2D eigenvalue weighted by Crippen LogP contribution is -2.40. The maximum atomic E-state index is 14.2. The van der Waals surface area contributed by atoms with Gasteiger partial charge >= 0.3 is 6.09 Å². The summed E-state index contributed by atoms with van der Waals surface area (Å²) in [5, 5.41) is 2.41. The molecule has 5 rings (SSSR count). The Morgan fingerprint density at radius 2 is 1.76 bits per heavy atom. The number of imidazole rings is 1. The summed E-state index contributed by atoms with van der Waals surface area (Å²) in [6.07, 6.45) is 11.8. The zero-order valence-corrected chi connectivity index (χ0v) is 28.0. The molecule has 3 aliphatic rings. The number of amides is 2. The van der Waals surface area contributed by atoms with Crippen LogP contribution in [0.15, 0.2) is 30.5 Å².